The number of hydrogen-bond acceptors (Lipinski definition) is 3. The normalized spacial score (nSPS) is 14.4. The molecule has 0 saturated carbocycles. The molecule has 6 heteroatoms. The molecule has 0 atom stereocenters. The highest BCUT2D eigenvalue weighted by atomic mass is 79.9. The molecule has 2 rings (SSSR count). The van der Waals surface area contributed by atoms with Gasteiger partial charge in [-0.15, -0.1) is 0 Å². The number of thiocarbonyl (C=S) groups is 1. The summed E-state index contributed by atoms with van der Waals surface area (Å²) in [5.41, 5.74) is 0.569. The van der Waals surface area contributed by atoms with E-state index in [1.165, 1.54) is 6.42 Å². The molecule has 1 aromatic carbocycles. The first kappa shape index (κ1) is 18.2. The largest absolute Gasteiger partial charge is 0.492 e. The molecule has 1 fully saturated rings. The van der Waals surface area contributed by atoms with E-state index < -0.39 is 0 Å². The molecule has 1 N–H and O–H groups in total. The average molecular weight is 399 g/mol. The zero-order valence-corrected chi connectivity index (χ0v) is 15.8. The molecular weight excluding hydrogens is 376 g/mol. The molecule has 1 amide bonds. The van der Waals surface area contributed by atoms with Crippen molar-refractivity contribution in [1.82, 2.24) is 10.2 Å². The van der Waals surface area contributed by atoms with Gasteiger partial charge in [0.2, 0.25) is 0 Å². The Morgan fingerprint density at radius 3 is 2.74 bits per heavy atom. The van der Waals surface area contributed by atoms with Crippen molar-refractivity contribution in [3.05, 3.63) is 28.2 Å². The van der Waals surface area contributed by atoms with Crippen LogP contribution in [0.3, 0.4) is 0 Å². The lowest BCUT2D eigenvalue weighted by Crippen LogP contribution is -2.44. The van der Waals surface area contributed by atoms with E-state index in [2.05, 4.69) is 33.1 Å². The molecule has 0 aliphatic carbocycles. The van der Waals surface area contributed by atoms with E-state index >= 15 is 0 Å². The topological polar surface area (TPSA) is 41.6 Å². The van der Waals surface area contributed by atoms with Gasteiger partial charge in [-0.05, 0) is 72.0 Å². The maximum Gasteiger partial charge on any atom is 0.257 e. The van der Waals surface area contributed by atoms with Gasteiger partial charge >= 0.3 is 0 Å². The fourth-order valence-corrected chi connectivity index (χ4v) is 3.20. The van der Waals surface area contributed by atoms with E-state index in [0.29, 0.717) is 17.3 Å². The van der Waals surface area contributed by atoms with Gasteiger partial charge in [0.15, 0.2) is 5.11 Å². The summed E-state index contributed by atoms with van der Waals surface area (Å²) in [5.74, 6) is 0.579. The fraction of sp³-hybridized carbons (Fsp3) is 0.529. The Morgan fingerprint density at radius 1 is 1.35 bits per heavy atom. The van der Waals surface area contributed by atoms with Crippen molar-refractivity contribution in [2.24, 2.45) is 0 Å². The SMILES string of the molecule is CCCCOc1ccc(C(=O)NC(=S)N2CCCCC2)cc1Br. The van der Waals surface area contributed by atoms with Crippen LogP contribution >= 0.6 is 28.1 Å². The summed E-state index contributed by atoms with van der Waals surface area (Å²) in [5, 5.41) is 3.34. The minimum atomic E-state index is -0.179. The maximum atomic E-state index is 12.3. The first-order valence-corrected chi connectivity index (χ1v) is 9.34. The predicted octanol–water partition coefficient (Wildman–Crippen LogP) is 4.13. The third-order valence-corrected chi connectivity index (χ3v) is 4.79. The second-order valence-corrected chi connectivity index (χ2v) is 6.90. The average Bonchev–Trinajstić information content (AvgIpc) is 2.57. The van der Waals surface area contributed by atoms with Crippen molar-refractivity contribution in [2.75, 3.05) is 19.7 Å². The van der Waals surface area contributed by atoms with Gasteiger partial charge in [0.25, 0.3) is 5.91 Å². The van der Waals surface area contributed by atoms with Crippen molar-refractivity contribution in [3.8, 4) is 5.75 Å². The summed E-state index contributed by atoms with van der Waals surface area (Å²) in [6, 6.07) is 5.36. The molecule has 4 nitrogen and oxygen atoms in total. The first-order valence-electron chi connectivity index (χ1n) is 8.14. The Kier molecular flexibility index (Phi) is 7.30. The maximum absolute atomic E-state index is 12.3. The minimum Gasteiger partial charge on any atom is -0.492 e. The lowest BCUT2D eigenvalue weighted by molar-refractivity contribution is 0.0972. The Hall–Kier alpha value is -1.14. The Bertz CT molecular complexity index is 560. The third kappa shape index (κ3) is 5.46. The van der Waals surface area contributed by atoms with Gasteiger partial charge in [-0.25, -0.2) is 0 Å². The summed E-state index contributed by atoms with van der Waals surface area (Å²) in [6.45, 7) is 4.65. The number of likely N-dealkylation sites (tertiary alicyclic amines) is 1. The highest BCUT2D eigenvalue weighted by Gasteiger charge is 2.17. The van der Waals surface area contributed by atoms with Crippen LogP contribution in [0.15, 0.2) is 22.7 Å². The van der Waals surface area contributed by atoms with E-state index in [9.17, 15) is 4.79 Å². The highest BCUT2D eigenvalue weighted by molar-refractivity contribution is 9.10. The van der Waals surface area contributed by atoms with Crippen LogP contribution in [0.25, 0.3) is 0 Å². The van der Waals surface area contributed by atoms with Crippen LogP contribution in [0.1, 0.15) is 49.4 Å². The van der Waals surface area contributed by atoms with Crippen LogP contribution in [0, 0.1) is 0 Å². The van der Waals surface area contributed by atoms with Crippen molar-refractivity contribution in [3.63, 3.8) is 0 Å². The summed E-state index contributed by atoms with van der Waals surface area (Å²) in [6.07, 6.45) is 5.60. The third-order valence-electron chi connectivity index (χ3n) is 3.81. The van der Waals surface area contributed by atoms with E-state index in [1.807, 2.05) is 6.07 Å². The van der Waals surface area contributed by atoms with Crippen LogP contribution in [0.4, 0.5) is 0 Å². The summed E-state index contributed by atoms with van der Waals surface area (Å²) in [4.78, 5) is 14.4. The van der Waals surface area contributed by atoms with Gasteiger partial charge in [0, 0.05) is 18.7 Å². The number of carbonyl (C=O) groups is 1. The highest BCUT2D eigenvalue weighted by Crippen LogP contribution is 2.26. The molecule has 23 heavy (non-hydrogen) atoms. The molecule has 0 aromatic heterocycles. The minimum absolute atomic E-state index is 0.179. The molecule has 0 radical (unpaired) electrons. The van der Waals surface area contributed by atoms with Crippen molar-refractivity contribution in [1.29, 1.82) is 0 Å². The molecule has 1 aromatic rings. The van der Waals surface area contributed by atoms with E-state index in [-0.39, 0.29) is 5.91 Å². The fourth-order valence-electron chi connectivity index (χ4n) is 2.43. The molecule has 0 spiro atoms. The number of hydrogen-bond donors (Lipinski definition) is 1. The monoisotopic (exact) mass is 398 g/mol. The van der Waals surface area contributed by atoms with Gasteiger partial charge in [-0.1, -0.05) is 13.3 Å². The number of benzene rings is 1. The van der Waals surface area contributed by atoms with Gasteiger partial charge in [-0.2, -0.15) is 0 Å². The number of nitrogens with one attached hydrogen (secondary N) is 1. The van der Waals surface area contributed by atoms with Gasteiger partial charge in [-0.3, -0.25) is 10.1 Å². The second-order valence-electron chi connectivity index (χ2n) is 5.65. The van der Waals surface area contributed by atoms with E-state index in [0.717, 1.165) is 49.0 Å². The predicted molar refractivity (Wildman–Crippen MR) is 100 cm³/mol. The number of unbranched alkanes of at least 4 members (excludes halogenated alkanes) is 1. The number of carbonyl (C=O) groups excluding carboxylic acids is 1. The zero-order chi connectivity index (χ0) is 16.7. The molecule has 0 unspecified atom stereocenters. The van der Waals surface area contributed by atoms with Crippen molar-refractivity contribution in [2.45, 2.75) is 39.0 Å². The molecule has 1 aliphatic heterocycles. The smallest absolute Gasteiger partial charge is 0.257 e. The number of piperidine rings is 1. The Labute approximate surface area is 151 Å². The van der Waals surface area contributed by atoms with E-state index in [1.54, 1.807) is 12.1 Å². The number of rotatable bonds is 5. The number of amides is 1. The van der Waals surface area contributed by atoms with Gasteiger partial charge in [0.05, 0.1) is 11.1 Å². The molecule has 1 aliphatic rings. The first-order chi connectivity index (χ1) is 11.1. The van der Waals surface area contributed by atoms with Crippen LogP contribution < -0.4 is 10.1 Å². The lowest BCUT2D eigenvalue weighted by atomic mass is 10.1. The standard InChI is InChI=1S/C17H23BrN2O2S/c1-2-3-11-22-15-8-7-13(12-14(15)18)16(21)19-17(23)20-9-5-4-6-10-20/h7-8,12H,2-6,9-11H2,1H3,(H,19,21,23). The molecule has 0 bridgehead atoms. The number of ether oxygens (including phenoxy) is 1. The Balaban J connectivity index is 1.93. The quantitative estimate of drug-likeness (QED) is 0.597. The Morgan fingerprint density at radius 2 is 2.09 bits per heavy atom. The summed E-state index contributed by atoms with van der Waals surface area (Å²) >= 11 is 8.80. The molecule has 1 saturated heterocycles. The summed E-state index contributed by atoms with van der Waals surface area (Å²) < 4.78 is 6.46. The molecule has 126 valence electrons. The van der Waals surface area contributed by atoms with Crippen LogP contribution in [-0.4, -0.2) is 35.6 Å². The van der Waals surface area contributed by atoms with Gasteiger partial charge in [0.1, 0.15) is 5.75 Å². The van der Waals surface area contributed by atoms with Crippen LogP contribution in [0.5, 0.6) is 5.75 Å². The second kappa shape index (κ2) is 9.23. The zero-order valence-electron chi connectivity index (χ0n) is 13.4. The molecular formula is C17H23BrN2O2S. The number of nitrogens with zero attached hydrogens (tertiary/aromatic N) is 1. The number of halogens is 1. The van der Waals surface area contributed by atoms with Crippen molar-refractivity contribution < 1.29 is 9.53 Å². The lowest BCUT2D eigenvalue weighted by Gasteiger charge is -2.28. The van der Waals surface area contributed by atoms with E-state index in [4.69, 9.17) is 17.0 Å². The van der Waals surface area contributed by atoms with Gasteiger partial charge < -0.3 is 9.64 Å². The van der Waals surface area contributed by atoms with Crippen molar-refractivity contribution >= 4 is 39.2 Å². The summed E-state index contributed by atoms with van der Waals surface area (Å²) in [7, 11) is 0. The van der Waals surface area contributed by atoms with Crippen LogP contribution in [0.2, 0.25) is 0 Å². The molecule has 1 heterocycles. The van der Waals surface area contributed by atoms with Crippen LogP contribution in [-0.2, 0) is 0 Å².